The molecule has 5 nitrogen and oxygen atoms in total. The Morgan fingerprint density at radius 1 is 1.12 bits per heavy atom. The van der Waals surface area contributed by atoms with Gasteiger partial charge in [0.05, 0.1) is 6.42 Å². The van der Waals surface area contributed by atoms with Crippen LogP contribution in [0.25, 0.3) is 0 Å². The lowest BCUT2D eigenvalue weighted by Gasteiger charge is -2.15. The third kappa shape index (κ3) is 4.45. The van der Waals surface area contributed by atoms with Crippen molar-refractivity contribution in [2.24, 2.45) is 0 Å². The van der Waals surface area contributed by atoms with Crippen LogP contribution in [0.1, 0.15) is 46.1 Å². The van der Waals surface area contributed by atoms with Crippen LogP contribution in [0.4, 0.5) is 0 Å². The number of aryl methyl sites for hydroxylation is 4. The molecule has 1 aromatic heterocycles. The molecule has 0 N–H and O–H groups in total. The lowest BCUT2D eigenvalue weighted by atomic mass is 9.96. The third-order valence-corrected chi connectivity index (χ3v) is 5.18. The molecule has 0 spiro atoms. The molecule has 6 heteroatoms. The van der Waals surface area contributed by atoms with Gasteiger partial charge in [-0.1, -0.05) is 17.4 Å². The number of hydrogen-bond donors (Lipinski definition) is 0. The number of esters is 1. The Bertz CT molecular complexity index is 863. The van der Waals surface area contributed by atoms with Gasteiger partial charge in [-0.3, -0.25) is 14.4 Å². The minimum absolute atomic E-state index is 0.0566. The standard InChI is InChI=1S/C19H23NO4S/c1-11-8-13(3)16(9-12(11)2)18(22)15(5)24-17(21)6-7-20-14(4)10-25-19(20)23/h8-10,15H,6-7H2,1-5H3. The quantitative estimate of drug-likeness (QED) is 0.585. The first-order chi connectivity index (χ1) is 11.7. The topological polar surface area (TPSA) is 65.4 Å². The zero-order chi connectivity index (χ0) is 18.7. The highest BCUT2D eigenvalue weighted by Gasteiger charge is 2.21. The Hall–Kier alpha value is -2.21. The summed E-state index contributed by atoms with van der Waals surface area (Å²) in [6.45, 7) is 9.48. The molecule has 0 saturated carbocycles. The number of carbonyl (C=O) groups excluding carboxylic acids is 2. The van der Waals surface area contributed by atoms with Crippen molar-refractivity contribution in [3.05, 3.63) is 55.1 Å². The number of Topliss-reactive ketones (excluding diaryl/α,β-unsaturated/α-hetero) is 1. The number of thiazole rings is 1. The van der Waals surface area contributed by atoms with Crippen LogP contribution >= 0.6 is 11.3 Å². The van der Waals surface area contributed by atoms with Gasteiger partial charge in [-0.25, -0.2) is 0 Å². The van der Waals surface area contributed by atoms with Crippen molar-refractivity contribution < 1.29 is 14.3 Å². The van der Waals surface area contributed by atoms with Crippen LogP contribution in [0.2, 0.25) is 0 Å². The van der Waals surface area contributed by atoms with E-state index in [1.54, 1.807) is 12.3 Å². The van der Waals surface area contributed by atoms with Gasteiger partial charge in [-0.2, -0.15) is 0 Å². The molecule has 0 fully saturated rings. The van der Waals surface area contributed by atoms with Gasteiger partial charge >= 0.3 is 10.8 Å². The number of carbonyl (C=O) groups is 2. The maximum atomic E-state index is 12.6. The van der Waals surface area contributed by atoms with Crippen molar-refractivity contribution in [2.45, 2.75) is 53.7 Å². The number of rotatable bonds is 6. The number of benzene rings is 1. The fourth-order valence-corrected chi connectivity index (χ4v) is 3.39. The van der Waals surface area contributed by atoms with Crippen molar-refractivity contribution >= 4 is 23.1 Å². The predicted octanol–water partition coefficient (Wildman–Crippen LogP) is 3.35. The van der Waals surface area contributed by atoms with Crippen molar-refractivity contribution in [1.29, 1.82) is 0 Å². The van der Waals surface area contributed by atoms with E-state index in [1.807, 2.05) is 39.8 Å². The summed E-state index contributed by atoms with van der Waals surface area (Å²) in [5.74, 6) is -0.697. The minimum atomic E-state index is -0.853. The van der Waals surface area contributed by atoms with Crippen LogP contribution in [0.5, 0.6) is 0 Å². The first-order valence-electron chi connectivity index (χ1n) is 8.17. The number of aromatic nitrogens is 1. The fraction of sp³-hybridized carbons (Fsp3) is 0.421. The van der Waals surface area contributed by atoms with E-state index in [4.69, 9.17) is 4.74 Å². The summed E-state index contributed by atoms with van der Waals surface area (Å²) in [6, 6.07) is 3.80. The van der Waals surface area contributed by atoms with Gasteiger partial charge in [-0.05, 0) is 57.4 Å². The van der Waals surface area contributed by atoms with E-state index < -0.39 is 12.1 Å². The maximum absolute atomic E-state index is 12.6. The fourth-order valence-electron chi connectivity index (χ4n) is 2.63. The van der Waals surface area contributed by atoms with Crippen LogP contribution < -0.4 is 4.87 Å². The Balaban J connectivity index is 2.00. The van der Waals surface area contributed by atoms with Gasteiger partial charge < -0.3 is 9.30 Å². The lowest BCUT2D eigenvalue weighted by Crippen LogP contribution is -2.26. The molecule has 0 saturated heterocycles. The monoisotopic (exact) mass is 361 g/mol. The second-order valence-electron chi connectivity index (χ2n) is 6.29. The summed E-state index contributed by atoms with van der Waals surface area (Å²) >= 11 is 1.10. The van der Waals surface area contributed by atoms with E-state index in [0.29, 0.717) is 5.56 Å². The number of hydrogen-bond acceptors (Lipinski definition) is 5. The molecule has 0 aliphatic carbocycles. The van der Waals surface area contributed by atoms with Crippen LogP contribution in [-0.4, -0.2) is 22.4 Å². The van der Waals surface area contributed by atoms with E-state index >= 15 is 0 Å². The highest BCUT2D eigenvalue weighted by atomic mass is 32.1. The summed E-state index contributed by atoms with van der Waals surface area (Å²) in [6.07, 6.45) is -0.797. The zero-order valence-electron chi connectivity index (χ0n) is 15.2. The van der Waals surface area contributed by atoms with Gasteiger partial charge in [0.15, 0.2) is 6.10 Å². The van der Waals surface area contributed by atoms with Crippen molar-refractivity contribution in [3.8, 4) is 0 Å². The third-order valence-electron chi connectivity index (χ3n) is 4.30. The van der Waals surface area contributed by atoms with E-state index in [-0.39, 0.29) is 23.6 Å². The first-order valence-corrected chi connectivity index (χ1v) is 9.05. The van der Waals surface area contributed by atoms with E-state index in [1.165, 1.54) is 4.57 Å². The average molecular weight is 361 g/mol. The maximum Gasteiger partial charge on any atom is 0.308 e. The molecule has 0 amide bonds. The Morgan fingerprint density at radius 2 is 1.76 bits per heavy atom. The van der Waals surface area contributed by atoms with Crippen LogP contribution in [-0.2, 0) is 16.1 Å². The van der Waals surface area contributed by atoms with Gasteiger partial charge in [0.2, 0.25) is 5.78 Å². The van der Waals surface area contributed by atoms with E-state index in [9.17, 15) is 14.4 Å². The molecule has 0 aliphatic rings. The molecule has 1 atom stereocenters. The zero-order valence-corrected chi connectivity index (χ0v) is 16.0. The van der Waals surface area contributed by atoms with Crippen LogP contribution in [0.3, 0.4) is 0 Å². The molecule has 134 valence electrons. The van der Waals surface area contributed by atoms with Crippen molar-refractivity contribution in [3.63, 3.8) is 0 Å². The largest absolute Gasteiger partial charge is 0.454 e. The molecule has 1 unspecified atom stereocenters. The summed E-state index contributed by atoms with van der Waals surface area (Å²) in [4.78, 5) is 36.1. The summed E-state index contributed by atoms with van der Waals surface area (Å²) < 4.78 is 6.80. The highest BCUT2D eigenvalue weighted by Crippen LogP contribution is 2.18. The Labute approximate surface area is 151 Å². The Kier molecular flexibility index (Phi) is 5.95. The lowest BCUT2D eigenvalue weighted by molar-refractivity contribution is -0.146. The number of ether oxygens (including phenoxy) is 1. The molecule has 25 heavy (non-hydrogen) atoms. The van der Waals surface area contributed by atoms with Crippen LogP contribution in [0, 0.1) is 27.7 Å². The average Bonchev–Trinajstić information content (AvgIpc) is 2.86. The molecule has 0 radical (unpaired) electrons. The summed E-state index contributed by atoms with van der Waals surface area (Å²) in [7, 11) is 0. The van der Waals surface area contributed by atoms with Gasteiger partial charge in [0, 0.05) is 23.2 Å². The van der Waals surface area contributed by atoms with Crippen molar-refractivity contribution in [1.82, 2.24) is 4.57 Å². The molecular weight excluding hydrogens is 338 g/mol. The normalized spacial score (nSPS) is 12.0. The smallest absolute Gasteiger partial charge is 0.308 e. The first kappa shape index (κ1) is 19.1. The van der Waals surface area contributed by atoms with Gasteiger partial charge in [0.1, 0.15) is 0 Å². The Morgan fingerprint density at radius 3 is 2.36 bits per heavy atom. The second-order valence-corrected chi connectivity index (χ2v) is 7.11. The predicted molar refractivity (Wildman–Crippen MR) is 98.5 cm³/mol. The van der Waals surface area contributed by atoms with Crippen molar-refractivity contribution in [2.75, 3.05) is 0 Å². The number of ketones is 1. The molecule has 1 aromatic carbocycles. The summed E-state index contributed by atoms with van der Waals surface area (Å²) in [5, 5.41) is 1.75. The highest BCUT2D eigenvalue weighted by molar-refractivity contribution is 7.07. The molecule has 2 aromatic rings. The van der Waals surface area contributed by atoms with Crippen LogP contribution in [0.15, 0.2) is 22.3 Å². The molecule has 2 rings (SSSR count). The molecular formula is C19H23NO4S. The van der Waals surface area contributed by atoms with Gasteiger partial charge in [-0.15, -0.1) is 0 Å². The van der Waals surface area contributed by atoms with E-state index in [0.717, 1.165) is 33.7 Å². The SMILES string of the molecule is Cc1cc(C)c(C(=O)C(C)OC(=O)CCn2c(C)csc2=O)cc1C. The second kappa shape index (κ2) is 7.78. The molecule has 1 heterocycles. The molecule has 0 aliphatic heterocycles. The van der Waals surface area contributed by atoms with E-state index in [2.05, 4.69) is 0 Å². The minimum Gasteiger partial charge on any atom is -0.454 e. The van der Waals surface area contributed by atoms with Gasteiger partial charge in [0.25, 0.3) is 0 Å². The number of nitrogens with zero attached hydrogens (tertiary/aromatic N) is 1. The molecule has 0 bridgehead atoms. The summed E-state index contributed by atoms with van der Waals surface area (Å²) in [5.41, 5.74) is 4.41.